The summed E-state index contributed by atoms with van der Waals surface area (Å²) in [5.41, 5.74) is 2.81. The van der Waals surface area contributed by atoms with Gasteiger partial charge < -0.3 is 9.47 Å². The smallest absolute Gasteiger partial charge is 0.240 e. The van der Waals surface area contributed by atoms with Gasteiger partial charge in [0.05, 0.1) is 24.7 Å². The van der Waals surface area contributed by atoms with Crippen LogP contribution in [-0.4, -0.2) is 53.2 Å². The molecule has 3 rings (SSSR count). The zero-order valence-electron chi connectivity index (χ0n) is 17.3. The summed E-state index contributed by atoms with van der Waals surface area (Å²) in [7, 11) is -1.94. The summed E-state index contributed by atoms with van der Waals surface area (Å²) < 4.78 is 39.2. The Balaban J connectivity index is 1.51. The van der Waals surface area contributed by atoms with Gasteiger partial charge in [-0.3, -0.25) is 4.90 Å². The molecule has 0 amide bonds. The minimum absolute atomic E-state index is 0.0758. The SMILES string of the molecule is COc1c(C)cc(S(=O)(=O)NCCCN2CCOC(c3ccccc3)C2)cc1C. The van der Waals surface area contributed by atoms with E-state index in [-0.39, 0.29) is 11.0 Å². The first-order valence-electron chi connectivity index (χ1n) is 9.94. The zero-order valence-corrected chi connectivity index (χ0v) is 18.2. The highest BCUT2D eigenvalue weighted by Gasteiger charge is 2.22. The van der Waals surface area contributed by atoms with Gasteiger partial charge in [-0.1, -0.05) is 30.3 Å². The van der Waals surface area contributed by atoms with Crippen molar-refractivity contribution in [3.63, 3.8) is 0 Å². The molecule has 0 saturated carbocycles. The van der Waals surface area contributed by atoms with E-state index in [2.05, 4.69) is 21.8 Å². The molecule has 2 aromatic carbocycles. The minimum Gasteiger partial charge on any atom is -0.496 e. The van der Waals surface area contributed by atoms with Gasteiger partial charge in [-0.2, -0.15) is 0 Å². The molecule has 0 spiro atoms. The van der Waals surface area contributed by atoms with Gasteiger partial charge in [-0.25, -0.2) is 13.1 Å². The van der Waals surface area contributed by atoms with E-state index in [1.54, 1.807) is 19.2 Å². The number of rotatable bonds is 8. The maximum atomic E-state index is 12.6. The molecule has 1 fully saturated rings. The second-order valence-corrected chi connectivity index (χ2v) is 9.18. The summed E-state index contributed by atoms with van der Waals surface area (Å²) in [5, 5.41) is 0. The normalized spacial score (nSPS) is 18.0. The van der Waals surface area contributed by atoms with Gasteiger partial charge in [-0.05, 0) is 55.6 Å². The Kier molecular flexibility index (Phi) is 7.29. The Hall–Kier alpha value is -1.93. The Morgan fingerprint density at radius 1 is 1.17 bits per heavy atom. The van der Waals surface area contributed by atoms with E-state index in [0.717, 1.165) is 42.9 Å². The van der Waals surface area contributed by atoms with Crippen molar-refractivity contribution in [1.82, 2.24) is 9.62 Å². The maximum Gasteiger partial charge on any atom is 0.240 e. The fourth-order valence-electron chi connectivity index (χ4n) is 3.76. The van der Waals surface area contributed by atoms with Crippen LogP contribution in [0.3, 0.4) is 0 Å². The Labute approximate surface area is 173 Å². The number of aryl methyl sites for hydroxylation is 2. The molecule has 29 heavy (non-hydrogen) atoms. The standard InChI is InChI=1S/C22H30N2O4S/c1-17-14-20(15-18(2)22(17)27-3)29(25,26)23-10-7-11-24-12-13-28-21(16-24)19-8-5-4-6-9-19/h4-6,8-9,14-15,21,23H,7,10-13,16H2,1-3H3. The number of sulfonamides is 1. The zero-order chi connectivity index (χ0) is 20.9. The first-order chi connectivity index (χ1) is 13.9. The molecule has 0 aliphatic carbocycles. The second-order valence-electron chi connectivity index (χ2n) is 7.41. The van der Waals surface area contributed by atoms with Gasteiger partial charge in [-0.15, -0.1) is 0 Å². The van der Waals surface area contributed by atoms with Crippen molar-refractivity contribution in [1.29, 1.82) is 0 Å². The van der Waals surface area contributed by atoms with E-state index in [4.69, 9.17) is 9.47 Å². The van der Waals surface area contributed by atoms with E-state index < -0.39 is 10.0 Å². The average Bonchev–Trinajstić information content (AvgIpc) is 2.72. The summed E-state index contributed by atoms with van der Waals surface area (Å²) in [6.45, 7) is 7.32. The fourth-order valence-corrected chi connectivity index (χ4v) is 5.00. The molecule has 158 valence electrons. The van der Waals surface area contributed by atoms with Gasteiger partial charge >= 0.3 is 0 Å². The van der Waals surface area contributed by atoms with E-state index >= 15 is 0 Å². The molecule has 0 bridgehead atoms. The lowest BCUT2D eigenvalue weighted by Gasteiger charge is -2.33. The number of ether oxygens (including phenoxy) is 2. The van der Waals surface area contributed by atoms with Crippen molar-refractivity contribution < 1.29 is 17.9 Å². The van der Waals surface area contributed by atoms with E-state index in [1.165, 1.54) is 5.56 Å². The molecule has 1 saturated heterocycles. The summed E-state index contributed by atoms with van der Waals surface area (Å²) in [5.74, 6) is 0.726. The quantitative estimate of drug-likeness (QED) is 0.668. The van der Waals surface area contributed by atoms with Crippen molar-refractivity contribution in [3.05, 3.63) is 59.2 Å². The first kappa shape index (κ1) is 21.8. The van der Waals surface area contributed by atoms with Crippen LogP contribution in [0.4, 0.5) is 0 Å². The molecule has 7 heteroatoms. The van der Waals surface area contributed by atoms with Crippen molar-refractivity contribution in [3.8, 4) is 5.75 Å². The molecule has 2 aromatic rings. The lowest BCUT2D eigenvalue weighted by Crippen LogP contribution is -2.39. The van der Waals surface area contributed by atoms with Gasteiger partial charge in [0.1, 0.15) is 5.75 Å². The molecule has 1 aliphatic rings. The molecule has 0 aromatic heterocycles. The molecule has 1 N–H and O–H groups in total. The summed E-state index contributed by atoms with van der Waals surface area (Å²) >= 11 is 0. The van der Waals surface area contributed by atoms with Gasteiger partial charge in [0.2, 0.25) is 10.0 Å². The Morgan fingerprint density at radius 2 is 1.86 bits per heavy atom. The molecule has 1 atom stereocenters. The van der Waals surface area contributed by atoms with Crippen LogP contribution in [0, 0.1) is 13.8 Å². The van der Waals surface area contributed by atoms with E-state index in [1.807, 2.05) is 32.0 Å². The Bertz CT molecular complexity index is 893. The molecule has 1 unspecified atom stereocenters. The second kappa shape index (κ2) is 9.71. The third-order valence-electron chi connectivity index (χ3n) is 5.21. The van der Waals surface area contributed by atoms with Gasteiger partial charge in [0.15, 0.2) is 0 Å². The molecular formula is C22H30N2O4S. The van der Waals surface area contributed by atoms with Crippen LogP contribution < -0.4 is 9.46 Å². The highest BCUT2D eigenvalue weighted by molar-refractivity contribution is 7.89. The topological polar surface area (TPSA) is 67.9 Å². The van der Waals surface area contributed by atoms with Crippen LogP contribution in [0.25, 0.3) is 0 Å². The van der Waals surface area contributed by atoms with Crippen LogP contribution in [0.2, 0.25) is 0 Å². The van der Waals surface area contributed by atoms with Gasteiger partial charge in [0, 0.05) is 19.6 Å². The highest BCUT2D eigenvalue weighted by Crippen LogP contribution is 2.26. The number of hydrogen-bond donors (Lipinski definition) is 1. The highest BCUT2D eigenvalue weighted by atomic mass is 32.2. The lowest BCUT2D eigenvalue weighted by molar-refractivity contribution is -0.0300. The number of benzene rings is 2. The van der Waals surface area contributed by atoms with Crippen molar-refractivity contribution in [2.45, 2.75) is 31.3 Å². The first-order valence-corrected chi connectivity index (χ1v) is 11.4. The van der Waals surface area contributed by atoms with Crippen molar-refractivity contribution in [2.24, 2.45) is 0 Å². The van der Waals surface area contributed by atoms with E-state index in [0.29, 0.717) is 13.2 Å². The summed E-state index contributed by atoms with van der Waals surface area (Å²) in [4.78, 5) is 2.61. The predicted molar refractivity (Wildman–Crippen MR) is 114 cm³/mol. The monoisotopic (exact) mass is 418 g/mol. The minimum atomic E-state index is -3.54. The maximum absolute atomic E-state index is 12.6. The molecular weight excluding hydrogens is 388 g/mol. The summed E-state index contributed by atoms with van der Waals surface area (Å²) in [6.07, 6.45) is 0.821. The Morgan fingerprint density at radius 3 is 2.52 bits per heavy atom. The molecule has 1 aliphatic heterocycles. The van der Waals surface area contributed by atoms with Gasteiger partial charge in [0.25, 0.3) is 0 Å². The number of nitrogens with zero attached hydrogens (tertiary/aromatic N) is 1. The number of nitrogens with one attached hydrogen (secondary N) is 1. The van der Waals surface area contributed by atoms with Crippen molar-refractivity contribution in [2.75, 3.05) is 39.9 Å². The van der Waals surface area contributed by atoms with E-state index in [9.17, 15) is 8.42 Å². The number of morpholine rings is 1. The molecule has 1 heterocycles. The third kappa shape index (κ3) is 5.57. The molecule has 0 radical (unpaired) electrons. The third-order valence-corrected chi connectivity index (χ3v) is 6.65. The summed E-state index contributed by atoms with van der Waals surface area (Å²) in [6, 6.07) is 13.5. The largest absolute Gasteiger partial charge is 0.496 e. The number of hydrogen-bond acceptors (Lipinski definition) is 5. The van der Waals surface area contributed by atoms with Crippen molar-refractivity contribution >= 4 is 10.0 Å². The van der Waals surface area contributed by atoms with Crippen LogP contribution in [-0.2, 0) is 14.8 Å². The van der Waals surface area contributed by atoms with Crippen LogP contribution in [0.5, 0.6) is 5.75 Å². The lowest BCUT2D eigenvalue weighted by atomic mass is 10.1. The van der Waals surface area contributed by atoms with Crippen LogP contribution in [0.15, 0.2) is 47.4 Å². The average molecular weight is 419 g/mol. The predicted octanol–water partition coefficient (Wildman–Crippen LogP) is 3.05. The fraction of sp³-hybridized carbons (Fsp3) is 0.455. The molecule has 6 nitrogen and oxygen atoms in total. The number of methoxy groups -OCH3 is 1. The van der Waals surface area contributed by atoms with Crippen LogP contribution >= 0.6 is 0 Å². The van der Waals surface area contributed by atoms with Crippen LogP contribution in [0.1, 0.15) is 29.2 Å².